The summed E-state index contributed by atoms with van der Waals surface area (Å²) in [7, 11) is 0. The molecule has 0 fully saturated rings. The van der Waals surface area contributed by atoms with Gasteiger partial charge in [-0.05, 0) is 17.2 Å². The molecule has 2 aromatic rings. The van der Waals surface area contributed by atoms with Crippen LogP contribution in [0.15, 0.2) is 60.8 Å². The SMILES string of the molecule is Cl.NC(CC1=C[N]c2ccccc21)C(=O)OCc1ccccc1. The molecular weight excluding hydrogens is 312 g/mol. The maximum Gasteiger partial charge on any atom is 0.323 e. The number of para-hydroxylation sites is 1. The molecular formula is C18H18ClN2O2. The Kier molecular flexibility index (Phi) is 5.79. The lowest BCUT2D eigenvalue weighted by molar-refractivity contribution is -0.146. The van der Waals surface area contributed by atoms with Gasteiger partial charge in [-0.1, -0.05) is 48.5 Å². The molecule has 119 valence electrons. The van der Waals surface area contributed by atoms with Crippen LogP contribution in [0.4, 0.5) is 5.69 Å². The zero-order chi connectivity index (χ0) is 15.4. The molecule has 23 heavy (non-hydrogen) atoms. The number of hydrogen-bond donors (Lipinski definition) is 1. The molecule has 0 amide bonds. The molecule has 0 aromatic heterocycles. The number of nitrogens with two attached hydrogens (primary N) is 1. The maximum atomic E-state index is 12.0. The summed E-state index contributed by atoms with van der Waals surface area (Å²) in [6, 6.07) is 16.7. The average Bonchev–Trinajstić information content (AvgIpc) is 2.97. The largest absolute Gasteiger partial charge is 0.460 e. The van der Waals surface area contributed by atoms with Crippen molar-refractivity contribution in [2.75, 3.05) is 0 Å². The Bertz CT molecular complexity index is 701. The lowest BCUT2D eigenvalue weighted by atomic mass is 10.0. The van der Waals surface area contributed by atoms with Crippen molar-refractivity contribution in [3.05, 3.63) is 71.9 Å². The molecule has 0 saturated carbocycles. The second-order valence-corrected chi connectivity index (χ2v) is 5.20. The summed E-state index contributed by atoms with van der Waals surface area (Å²) in [6.45, 7) is 0.243. The third kappa shape index (κ3) is 4.12. The molecule has 0 spiro atoms. The highest BCUT2D eigenvalue weighted by Crippen LogP contribution is 2.32. The summed E-state index contributed by atoms with van der Waals surface area (Å²) >= 11 is 0. The number of ether oxygens (including phenoxy) is 1. The highest BCUT2D eigenvalue weighted by Gasteiger charge is 2.22. The molecule has 0 saturated heterocycles. The quantitative estimate of drug-likeness (QED) is 0.857. The molecule has 1 unspecified atom stereocenters. The van der Waals surface area contributed by atoms with Gasteiger partial charge in [-0.25, -0.2) is 0 Å². The van der Waals surface area contributed by atoms with Crippen molar-refractivity contribution in [2.24, 2.45) is 5.73 Å². The minimum absolute atomic E-state index is 0. The van der Waals surface area contributed by atoms with E-state index in [4.69, 9.17) is 10.5 Å². The smallest absolute Gasteiger partial charge is 0.323 e. The fourth-order valence-electron chi connectivity index (χ4n) is 2.39. The molecule has 3 rings (SSSR count). The summed E-state index contributed by atoms with van der Waals surface area (Å²) in [4.78, 5) is 12.0. The summed E-state index contributed by atoms with van der Waals surface area (Å²) in [6.07, 6.45) is 2.20. The van der Waals surface area contributed by atoms with E-state index in [9.17, 15) is 4.79 Å². The highest BCUT2D eigenvalue weighted by atomic mass is 35.5. The fraction of sp³-hybridized carbons (Fsp3) is 0.167. The molecule has 1 heterocycles. The van der Waals surface area contributed by atoms with E-state index in [1.165, 1.54) is 0 Å². The maximum absolute atomic E-state index is 12.0. The zero-order valence-corrected chi connectivity index (χ0v) is 13.3. The number of fused-ring (bicyclic) bond motifs is 1. The van der Waals surface area contributed by atoms with Gasteiger partial charge in [0.15, 0.2) is 0 Å². The van der Waals surface area contributed by atoms with Gasteiger partial charge in [0.1, 0.15) is 12.6 Å². The van der Waals surface area contributed by atoms with Crippen LogP contribution in [0, 0.1) is 0 Å². The second-order valence-electron chi connectivity index (χ2n) is 5.20. The number of halogens is 1. The van der Waals surface area contributed by atoms with Crippen LogP contribution in [-0.2, 0) is 16.1 Å². The van der Waals surface area contributed by atoms with Gasteiger partial charge in [-0.2, -0.15) is 0 Å². The summed E-state index contributed by atoms with van der Waals surface area (Å²) < 4.78 is 5.27. The van der Waals surface area contributed by atoms with E-state index in [0.29, 0.717) is 6.42 Å². The predicted octanol–water partition coefficient (Wildman–Crippen LogP) is 3.16. The van der Waals surface area contributed by atoms with Gasteiger partial charge in [0.2, 0.25) is 0 Å². The first-order valence-electron chi connectivity index (χ1n) is 7.19. The molecule has 1 atom stereocenters. The molecule has 2 N–H and O–H groups in total. The Balaban J connectivity index is 0.00000192. The molecule has 2 aromatic carbocycles. The third-order valence-corrected chi connectivity index (χ3v) is 3.58. The van der Waals surface area contributed by atoms with Gasteiger partial charge in [0.25, 0.3) is 0 Å². The van der Waals surface area contributed by atoms with Crippen LogP contribution >= 0.6 is 12.4 Å². The van der Waals surface area contributed by atoms with Crippen molar-refractivity contribution in [1.82, 2.24) is 5.32 Å². The van der Waals surface area contributed by atoms with Crippen LogP contribution < -0.4 is 11.1 Å². The average molecular weight is 330 g/mol. The van der Waals surface area contributed by atoms with Crippen molar-refractivity contribution in [1.29, 1.82) is 0 Å². The van der Waals surface area contributed by atoms with Gasteiger partial charge < -0.3 is 10.5 Å². The molecule has 0 aliphatic carbocycles. The molecule has 5 heteroatoms. The lowest BCUT2D eigenvalue weighted by Crippen LogP contribution is -2.32. The molecule has 1 aliphatic rings. The van der Waals surface area contributed by atoms with E-state index >= 15 is 0 Å². The molecule has 0 bridgehead atoms. The van der Waals surface area contributed by atoms with Gasteiger partial charge in [0.05, 0.1) is 5.69 Å². The Morgan fingerprint density at radius 2 is 1.78 bits per heavy atom. The first kappa shape index (κ1) is 17.1. The second kappa shape index (κ2) is 7.81. The van der Waals surface area contributed by atoms with E-state index in [1.807, 2.05) is 54.6 Å². The van der Waals surface area contributed by atoms with E-state index < -0.39 is 12.0 Å². The lowest BCUT2D eigenvalue weighted by Gasteiger charge is -2.12. The van der Waals surface area contributed by atoms with Crippen molar-refractivity contribution in [3.63, 3.8) is 0 Å². The van der Waals surface area contributed by atoms with Crippen molar-refractivity contribution in [2.45, 2.75) is 19.1 Å². The summed E-state index contributed by atoms with van der Waals surface area (Å²) in [5.74, 6) is -0.394. The van der Waals surface area contributed by atoms with Crippen LogP contribution in [-0.4, -0.2) is 12.0 Å². The van der Waals surface area contributed by atoms with E-state index in [0.717, 1.165) is 22.4 Å². The number of hydrogen-bond acceptors (Lipinski definition) is 3. The molecule has 4 nitrogen and oxygen atoms in total. The normalized spacial score (nSPS) is 13.2. The number of carbonyl (C=O) groups is 1. The molecule has 1 aliphatic heterocycles. The van der Waals surface area contributed by atoms with Crippen molar-refractivity contribution < 1.29 is 9.53 Å². The Hall–Kier alpha value is -2.30. The first-order valence-corrected chi connectivity index (χ1v) is 7.19. The minimum atomic E-state index is -0.684. The van der Waals surface area contributed by atoms with E-state index in [2.05, 4.69) is 5.32 Å². The van der Waals surface area contributed by atoms with Crippen LogP contribution in [0.1, 0.15) is 17.5 Å². The standard InChI is InChI=1S/C18H17N2O2.ClH/c19-16(18(21)22-12-13-6-2-1-3-7-13)10-14-11-20-17-9-5-4-8-15(14)17;/h1-9,11,16H,10,12,19H2;1H. The third-order valence-electron chi connectivity index (χ3n) is 3.58. The fourth-order valence-corrected chi connectivity index (χ4v) is 2.39. The Labute approximate surface area is 141 Å². The van der Waals surface area contributed by atoms with Crippen LogP contribution in [0.5, 0.6) is 0 Å². The number of esters is 1. The number of benzene rings is 2. The van der Waals surface area contributed by atoms with E-state index in [1.54, 1.807) is 6.20 Å². The number of nitrogens with zero attached hydrogens (tertiary/aromatic N) is 1. The summed E-state index contributed by atoms with van der Waals surface area (Å²) in [5.41, 5.74) is 9.84. The topological polar surface area (TPSA) is 66.4 Å². The first-order chi connectivity index (χ1) is 10.7. The Morgan fingerprint density at radius 3 is 2.57 bits per heavy atom. The van der Waals surface area contributed by atoms with E-state index in [-0.39, 0.29) is 19.0 Å². The van der Waals surface area contributed by atoms with Gasteiger partial charge in [-0.3, -0.25) is 10.1 Å². The minimum Gasteiger partial charge on any atom is -0.460 e. The molecule has 1 radical (unpaired) electrons. The zero-order valence-electron chi connectivity index (χ0n) is 12.5. The van der Waals surface area contributed by atoms with Crippen molar-refractivity contribution >= 4 is 29.6 Å². The Morgan fingerprint density at radius 1 is 1.09 bits per heavy atom. The van der Waals surface area contributed by atoms with Crippen LogP contribution in [0.25, 0.3) is 5.57 Å². The van der Waals surface area contributed by atoms with Gasteiger partial charge in [0, 0.05) is 18.2 Å². The number of rotatable bonds is 5. The van der Waals surface area contributed by atoms with Crippen LogP contribution in [0.2, 0.25) is 0 Å². The number of carbonyl (C=O) groups excluding carboxylic acids is 1. The van der Waals surface area contributed by atoms with Gasteiger partial charge >= 0.3 is 5.97 Å². The van der Waals surface area contributed by atoms with Crippen molar-refractivity contribution in [3.8, 4) is 0 Å². The highest BCUT2D eigenvalue weighted by molar-refractivity contribution is 5.85. The monoisotopic (exact) mass is 329 g/mol. The van der Waals surface area contributed by atoms with Gasteiger partial charge in [-0.15, -0.1) is 12.4 Å². The van der Waals surface area contributed by atoms with Crippen LogP contribution in [0.3, 0.4) is 0 Å². The predicted molar refractivity (Wildman–Crippen MR) is 92.3 cm³/mol. The summed E-state index contributed by atoms with van der Waals surface area (Å²) in [5, 5.41) is 4.32.